The lowest BCUT2D eigenvalue weighted by Crippen LogP contribution is -2.56. The molecule has 1 aliphatic rings. The van der Waals surface area contributed by atoms with Gasteiger partial charge >= 0.3 is 0 Å². The number of aliphatic hydroxyl groups is 1. The molecule has 1 heterocycles. The maximum atomic E-state index is 14.1. The van der Waals surface area contributed by atoms with Gasteiger partial charge in [-0.25, -0.2) is 0 Å². The highest BCUT2D eigenvalue weighted by molar-refractivity contribution is 6.00. The van der Waals surface area contributed by atoms with E-state index in [2.05, 4.69) is 21.3 Å². The number of likely N-dealkylation sites (N-methyl/N-ethyl adjacent to an activating group) is 1. The number of amides is 5. The Kier molecular flexibility index (Phi) is 14.8. The van der Waals surface area contributed by atoms with Crippen LogP contribution in [0.3, 0.4) is 0 Å². The molecule has 274 valence electrons. The summed E-state index contributed by atoms with van der Waals surface area (Å²) in [6.45, 7) is 2.05. The van der Waals surface area contributed by atoms with Gasteiger partial charge in [0, 0.05) is 37.7 Å². The van der Waals surface area contributed by atoms with Gasteiger partial charge in [0.15, 0.2) is 0 Å². The van der Waals surface area contributed by atoms with E-state index in [4.69, 9.17) is 26.2 Å². The number of aliphatic hydroxyl groups excluding tert-OH is 1. The van der Waals surface area contributed by atoms with Gasteiger partial charge in [-0.2, -0.15) is 5.26 Å². The largest absolute Gasteiger partial charge is 0.492 e. The number of nitrogens with one attached hydrogen (secondary N) is 4. The molecule has 0 radical (unpaired) electrons. The summed E-state index contributed by atoms with van der Waals surface area (Å²) in [7, 11) is 1.28. The molecule has 2 aromatic rings. The van der Waals surface area contributed by atoms with Crippen LogP contribution in [0.15, 0.2) is 36.4 Å². The van der Waals surface area contributed by atoms with Crippen LogP contribution in [0.5, 0.6) is 11.5 Å². The van der Waals surface area contributed by atoms with Gasteiger partial charge in [0.05, 0.1) is 19.1 Å². The third-order valence-corrected chi connectivity index (χ3v) is 7.78. The molecular formula is C34H44N8O9. The molecule has 0 aliphatic carbocycles. The van der Waals surface area contributed by atoms with Gasteiger partial charge in [-0.3, -0.25) is 28.8 Å². The fraction of sp³-hybridized carbons (Fsp3) is 0.441. The normalized spacial score (nSPS) is 17.7. The van der Waals surface area contributed by atoms with Crippen LogP contribution in [-0.4, -0.2) is 110 Å². The van der Waals surface area contributed by atoms with Crippen LogP contribution in [0.2, 0.25) is 0 Å². The van der Waals surface area contributed by atoms with Crippen molar-refractivity contribution in [3.63, 3.8) is 0 Å². The molecule has 9 N–H and O–H groups in total. The van der Waals surface area contributed by atoms with Gasteiger partial charge in [0.1, 0.15) is 61.2 Å². The second-order valence-corrected chi connectivity index (χ2v) is 11.8. The predicted octanol–water partition coefficient (Wildman–Crippen LogP) is -1.83. The number of ether oxygens (including phenoxy) is 2. The second-order valence-electron chi connectivity index (χ2n) is 11.8. The third-order valence-electron chi connectivity index (χ3n) is 7.78. The van der Waals surface area contributed by atoms with E-state index in [1.54, 1.807) is 36.4 Å². The quantitative estimate of drug-likeness (QED) is 0.0844. The molecule has 5 amide bonds. The number of nitrogens with zero attached hydrogens (tertiary/aromatic N) is 2. The Morgan fingerprint density at radius 1 is 1.02 bits per heavy atom. The molecule has 51 heavy (non-hydrogen) atoms. The second kappa shape index (κ2) is 19.0. The molecule has 2 aromatic carbocycles. The Morgan fingerprint density at radius 2 is 1.65 bits per heavy atom. The number of carbonyl (C=O) groups excluding carboxylic acids is 6. The minimum atomic E-state index is -1.52. The number of ketones is 1. The van der Waals surface area contributed by atoms with Crippen LogP contribution in [0.4, 0.5) is 0 Å². The number of Topliss-reactive ketones (excluding diaryl/α,β-unsaturated/α-hetero) is 1. The number of nitrogens with two attached hydrogens (primary N) is 2. The first-order chi connectivity index (χ1) is 24.3. The molecule has 4 bridgehead atoms. The summed E-state index contributed by atoms with van der Waals surface area (Å²) in [5.41, 5.74) is 13.2. The maximum absolute atomic E-state index is 14.1. The number of benzene rings is 2. The van der Waals surface area contributed by atoms with Crippen LogP contribution in [0.1, 0.15) is 37.4 Å². The summed E-state index contributed by atoms with van der Waals surface area (Å²) in [5, 5.41) is 29.1. The first-order valence-corrected chi connectivity index (χ1v) is 16.2. The van der Waals surface area contributed by atoms with Gasteiger partial charge < -0.3 is 52.2 Å². The van der Waals surface area contributed by atoms with Gasteiger partial charge in [-0.15, -0.1) is 0 Å². The van der Waals surface area contributed by atoms with Crippen LogP contribution in [-0.2, 0) is 35.2 Å². The summed E-state index contributed by atoms with van der Waals surface area (Å²) in [6, 6.07) is 6.28. The van der Waals surface area contributed by atoms with Crippen LogP contribution in [0, 0.1) is 11.3 Å². The average molecular weight is 709 g/mol. The lowest BCUT2D eigenvalue weighted by molar-refractivity contribution is -0.144. The molecule has 0 saturated carbocycles. The highest BCUT2D eigenvalue weighted by Gasteiger charge is 2.36. The highest BCUT2D eigenvalue weighted by atomic mass is 16.5. The Morgan fingerprint density at radius 3 is 2.24 bits per heavy atom. The van der Waals surface area contributed by atoms with Gasteiger partial charge in [-0.1, -0.05) is 12.1 Å². The lowest BCUT2D eigenvalue weighted by Gasteiger charge is -2.32. The van der Waals surface area contributed by atoms with Gasteiger partial charge in [-0.05, 0) is 49.2 Å². The zero-order valence-corrected chi connectivity index (χ0v) is 28.7. The fourth-order valence-electron chi connectivity index (χ4n) is 5.36. The standard InChI is InChI=1S/C34H44N8O9/c1-19(44)14-29(45)40-26(18-43)34(49)42(3)30-22-5-7-28(51-13-10-37)24(17-22)23-15-21(4-6-27(23)50-12-9-36)16-25(32(47)38-11-8-35)41-31(46)20(2)39-33(30)48/h4-7,15,17,20,25-26,30,43H,9-14,16,18,36-37H2,1-3H3,(H,38,47)(H,39,48)(H,40,45)(H,41,46)/t20-,25-,26-,30-/m0/s1. The average Bonchev–Trinajstić information content (AvgIpc) is 3.10. The van der Waals surface area contributed by atoms with E-state index in [0.29, 0.717) is 28.2 Å². The number of hydrogen-bond donors (Lipinski definition) is 7. The Hall–Kier alpha value is -5.57. The molecule has 0 fully saturated rings. The summed E-state index contributed by atoms with van der Waals surface area (Å²) in [6.07, 6.45) is -0.537. The number of nitriles is 1. The highest BCUT2D eigenvalue weighted by Crippen LogP contribution is 2.40. The van der Waals surface area contributed by atoms with Crippen molar-refractivity contribution in [2.75, 3.05) is 46.5 Å². The minimum absolute atomic E-state index is 0.00964. The van der Waals surface area contributed by atoms with E-state index in [9.17, 15) is 33.9 Å². The van der Waals surface area contributed by atoms with Gasteiger partial charge in [0.25, 0.3) is 0 Å². The zero-order valence-electron chi connectivity index (χ0n) is 28.7. The lowest BCUT2D eigenvalue weighted by atomic mass is 9.93. The maximum Gasteiger partial charge on any atom is 0.248 e. The van der Waals surface area contributed by atoms with Crippen molar-refractivity contribution in [2.45, 2.75) is 50.9 Å². The van der Waals surface area contributed by atoms with Gasteiger partial charge in [0.2, 0.25) is 29.5 Å². The van der Waals surface area contributed by atoms with E-state index in [0.717, 1.165) is 4.90 Å². The molecular weight excluding hydrogens is 664 g/mol. The molecule has 17 nitrogen and oxygen atoms in total. The van der Waals surface area contributed by atoms with E-state index in [1.807, 2.05) is 6.07 Å². The van der Waals surface area contributed by atoms with Crippen molar-refractivity contribution < 1.29 is 43.3 Å². The monoisotopic (exact) mass is 708 g/mol. The van der Waals surface area contributed by atoms with Crippen LogP contribution < -0.4 is 42.2 Å². The molecule has 4 atom stereocenters. The number of hydrogen-bond acceptors (Lipinski definition) is 12. The summed E-state index contributed by atoms with van der Waals surface area (Å²) >= 11 is 0. The summed E-state index contributed by atoms with van der Waals surface area (Å²) in [5.74, 6) is -3.62. The smallest absolute Gasteiger partial charge is 0.248 e. The Labute approximate surface area is 295 Å². The molecule has 1 aliphatic heterocycles. The molecule has 0 aromatic heterocycles. The number of fused-ring (bicyclic) bond motifs is 5. The SMILES string of the molecule is CC(=O)CC(=O)N[C@@H](CO)C(=O)N(C)[C@@H]1C(=O)N[C@@H](C)C(=O)N[C@H](C(=O)NCC#N)Cc2ccc(OCCN)c(c2)-c2cc1ccc2OCCN. The first kappa shape index (κ1) is 39.9. The molecule has 0 unspecified atom stereocenters. The Balaban J connectivity index is 2.27. The Bertz CT molecular complexity index is 1660. The zero-order chi connectivity index (χ0) is 37.7. The van der Waals surface area contributed by atoms with Crippen molar-refractivity contribution in [3.8, 4) is 28.7 Å². The van der Waals surface area contributed by atoms with Crippen molar-refractivity contribution in [1.82, 2.24) is 26.2 Å². The van der Waals surface area contributed by atoms with E-state index in [-0.39, 0.29) is 44.8 Å². The van der Waals surface area contributed by atoms with E-state index in [1.165, 1.54) is 20.9 Å². The molecule has 17 heteroatoms. The molecule has 0 saturated heterocycles. The van der Waals surface area contributed by atoms with E-state index < -0.39 is 72.5 Å². The minimum Gasteiger partial charge on any atom is -0.492 e. The molecule has 0 spiro atoms. The van der Waals surface area contributed by atoms with E-state index >= 15 is 0 Å². The van der Waals surface area contributed by atoms with Crippen molar-refractivity contribution in [2.24, 2.45) is 11.5 Å². The number of carbonyl (C=O) groups is 6. The first-order valence-electron chi connectivity index (χ1n) is 16.2. The summed E-state index contributed by atoms with van der Waals surface area (Å²) < 4.78 is 11.9. The van der Waals surface area contributed by atoms with Crippen molar-refractivity contribution in [1.29, 1.82) is 5.26 Å². The fourth-order valence-corrected chi connectivity index (χ4v) is 5.36. The topological polar surface area (TPSA) is 268 Å². The predicted molar refractivity (Wildman–Crippen MR) is 183 cm³/mol. The van der Waals surface area contributed by atoms with Crippen LogP contribution in [0.25, 0.3) is 11.1 Å². The third kappa shape index (κ3) is 10.7. The van der Waals surface area contributed by atoms with Crippen LogP contribution >= 0.6 is 0 Å². The molecule has 3 rings (SSSR count). The van der Waals surface area contributed by atoms with Crippen molar-refractivity contribution >= 4 is 35.3 Å². The van der Waals surface area contributed by atoms with Crippen molar-refractivity contribution in [3.05, 3.63) is 47.5 Å². The summed E-state index contributed by atoms with van der Waals surface area (Å²) in [4.78, 5) is 79.2. The number of rotatable bonds is 14.